The van der Waals surface area contributed by atoms with Crippen LogP contribution in [-0.4, -0.2) is 46.5 Å². The number of carboxylic acid groups (broad SMARTS) is 1. The Morgan fingerprint density at radius 1 is 1.50 bits per heavy atom. The second-order valence-corrected chi connectivity index (χ2v) is 4.97. The van der Waals surface area contributed by atoms with Crippen LogP contribution in [0.4, 0.5) is 5.82 Å². The predicted molar refractivity (Wildman–Crippen MR) is 72.7 cm³/mol. The average molecular weight is 278 g/mol. The Morgan fingerprint density at radius 3 is 2.85 bits per heavy atom. The first-order valence-electron chi connectivity index (χ1n) is 6.47. The second-order valence-electron chi connectivity index (χ2n) is 4.97. The highest BCUT2D eigenvalue weighted by atomic mass is 16.4. The van der Waals surface area contributed by atoms with Crippen molar-refractivity contribution in [1.82, 2.24) is 15.3 Å². The van der Waals surface area contributed by atoms with Crippen molar-refractivity contribution in [2.24, 2.45) is 11.8 Å². The number of aliphatic carboxylic acids is 1. The third-order valence-corrected chi connectivity index (χ3v) is 3.44. The minimum Gasteiger partial charge on any atom is -0.481 e. The topological polar surface area (TPSA) is 94.6 Å². The molecule has 1 fully saturated rings. The summed E-state index contributed by atoms with van der Waals surface area (Å²) in [5.41, 5.74) is 5.27. The number of amides is 1. The standard InChI is InChI=1S/C13H18N4O3/c1-9(13(19)20)10-6-17(7-10)8-12(18)16-15-11-4-2-3-5-14-11/h2-5,9-10H,6-8H2,1H3,(H,14,15)(H,16,18)(H,19,20). The number of nitrogens with one attached hydrogen (secondary N) is 2. The molecule has 0 bridgehead atoms. The van der Waals surface area contributed by atoms with E-state index >= 15 is 0 Å². The van der Waals surface area contributed by atoms with E-state index in [0.29, 0.717) is 18.9 Å². The molecule has 3 N–H and O–H groups in total. The molecular weight excluding hydrogens is 260 g/mol. The van der Waals surface area contributed by atoms with Gasteiger partial charge in [0.2, 0.25) is 0 Å². The zero-order valence-corrected chi connectivity index (χ0v) is 11.2. The number of aromatic nitrogens is 1. The van der Waals surface area contributed by atoms with Crippen molar-refractivity contribution in [3.63, 3.8) is 0 Å². The van der Waals surface area contributed by atoms with Crippen molar-refractivity contribution in [3.8, 4) is 0 Å². The fraction of sp³-hybridized carbons (Fsp3) is 0.462. The fourth-order valence-corrected chi connectivity index (χ4v) is 2.07. The van der Waals surface area contributed by atoms with Crippen molar-refractivity contribution in [1.29, 1.82) is 0 Å². The molecule has 0 aliphatic carbocycles. The number of nitrogens with zero attached hydrogens (tertiary/aromatic N) is 2. The van der Waals surface area contributed by atoms with Crippen LogP contribution in [-0.2, 0) is 9.59 Å². The summed E-state index contributed by atoms with van der Waals surface area (Å²) in [7, 11) is 0. The first kappa shape index (κ1) is 14.3. The van der Waals surface area contributed by atoms with E-state index in [1.165, 1.54) is 0 Å². The fourth-order valence-electron chi connectivity index (χ4n) is 2.07. The molecule has 7 nitrogen and oxygen atoms in total. The van der Waals surface area contributed by atoms with Gasteiger partial charge in [-0.1, -0.05) is 13.0 Å². The van der Waals surface area contributed by atoms with E-state index < -0.39 is 5.97 Å². The van der Waals surface area contributed by atoms with Gasteiger partial charge in [-0.25, -0.2) is 4.98 Å². The minimum absolute atomic E-state index is 0.129. The summed E-state index contributed by atoms with van der Waals surface area (Å²) in [5, 5.41) is 8.88. The van der Waals surface area contributed by atoms with E-state index in [0.717, 1.165) is 0 Å². The lowest BCUT2D eigenvalue weighted by atomic mass is 9.87. The third kappa shape index (κ3) is 3.67. The summed E-state index contributed by atoms with van der Waals surface area (Å²) in [5.74, 6) is -0.611. The van der Waals surface area contributed by atoms with Gasteiger partial charge in [-0.05, 0) is 18.1 Å². The monoisotopic (exact) mass is 278 g/mol. The molecule has 0 saturated carbocycles. The van der Waals surface area contributed by atoms with Gasteiger partial charge in [0.1, 0.15) is 5.82 Å². The molecule has 0 aromatic carbocycles. The number of hydrogen-bond acceptors (Lipinski definition) is 5. The number of anilines is 1. The Hall–Kier alpha value is -2.15. The van der Waals surface area contributed by atoms with Crippen LogP contribution >= 0.6 is 0 Å². The zero-order valence-electron chi connectivity index (χ0n) is 11.2. The molecule has 0 spiro atoms. The van der Waals surface area contributed by atoms with Gasteiger partial charge in [-0.3, -0.25) is 25.3 Å². The molecular formula is C13H18N4O3. The highest BCUT2D eigenvalue weighted by Crippen LogP contribution is 2.23. The second kappa shape index (κ2) is 6.33. The van der Waals surface area contributed by atoms with Crippen molar-refractivity contribution >= 4 is 17.7 Å². The number of pyridine rings is 1. The van der Waals surface area contributed by atoms with Gasteiger partial charge in [0.25, 0.3) is 5.91 Å². The number of carboxylic acids is 1. The highest BCUT2D eigenvalue weighted by Gasteiger charge is 2.35. The summed E-state index contributed by atoms with van der Waals surface area (Å²) in [4.78, 5) is 28.4. The van der Waals surface area contributed by atoms with Gasteiger partial charge < -0.3 is 5.11 Å². The normalized spacial score (nSPS) is 17.1. The summed E-state index contributed by atoms with van der Waals surface area (Å²) in [6.45, 7) is 3.24. The Kier molecular flexibility index (Phi) is 4.52. The average Bonchev–Trinajstić information content (AvgIpc) is 2.40. The molecule has 1 atom stereocenters. The van der Waals surface area contributed by atoms with Crippen LogP contribution in [0.25, 0.3) is 0 Å². The Morgan fingerprint density at radius 2 is 2.25 bits per heavy atom. The number of rotatable bonds is 6. The van der Waals surface area contributed by atoms with E-state index in [2.05, 4.69) is 15.8 Å². The van der Waals surface area contributed by atoms with Crippen LogP contribution in [0.2, 0.25) is 0 Å². The molecule has 1 aromatic rings. The van der Waals surface area contributed by atoms with Crippen LogP contribution in [0.15, 0.2) is 24.4 Å². The van der Waals surface area contributed by atoms with Gasteiger partial charge in [0.05, 0.1) is 12.5 Å². The number of hydrazine groups is 1. The molecule has 1 amide bonds. The highest BCUT2D eigenvalue weighted by molar-refractivity contribution is 5.79. The quantitative estimate of drug-likeness (QED) is 0.642. The molecule has 20 heavy (non-hydrogen) atoms. The van der Waals surface area contributed by atoms with Crippen molar-refractivity contribution in [2.45, 2.75) is 6.92 Å². The molecule has 1 aliphatic heterocycles. The van der Waals surface area contributed by atoms with Gasteiger partial charge in [0.15, 0.2) is 0 Å². The van der Waals surface area contributed by atoms with Crippen LogP contribution < -0.4 is 10.9 Å². The Bertz CT molecular complexity index is 474. The predicted octanol–water partition coefficient (Wildman–Crippen LogP) is 0.177. The first-order chi connectivity index (χ1) is 9.56. The van der Waals surface area contributed by atoms with E-state index in [1.807, 2.05) is 11.0 Å². The van der Waals surface area contributed by atoms with Crippen molar-refractivity contribution in [2.75, 3.05) is 25.1 Å². The van der Waals surface area contributed by atoms with E-state index in [4.69, 9.17) is 5.11 Å². The Balaban J connectivity index is 1.66. The van der Waals surface area contributed by atoms with E-state index in [9.17, 15) is 9.59 Å². The van der Waals surface area contributed by atoms with Gasteiger partial charge in [-0.2, -0.15) is 0 Å². The van der Waals surface area contributed by atoms with Crippen LogP contribution in [0.3, 0.4) is 0 Å². The van der Waals surface area contributed by atoms with Crippen LogP contribution in [0.1, 0.15) is 6.92 Å². The number of carbonyl (C=O) groups is 2. The van der Waals surface area contributed by atoms with Gasteiger partial charge in [0, 0.05) is 19.3 Å². The number of hydrogen-bond donors (Lipinski definition) is 3. The lowest BCUT2D eigenvalue weighted by molar-refractivity contribution is -0.145. The molecule has 2 heterocycles. The summed E-state index contributed by atoms with van der Waals surface area (Å²) in [6, 6.07) is 5.35. The molecule has 7 heteroatoms. The van der Waals surface area contributed by atoms with Crippen LogP contribution in [0, 0.1) is 11.8 Å². The molecule has 1 aliphatic rings. The largest absolute Gasteiger partial charge is 0.481 e. The van der Waals surface area contributed by atoms with E-state index in [1.54, 1.807) is 25.3 Å². The number of carbonyl (C=O) groups excluding carboxylic acids is 1. The SMILES string of the molecule is CC(C(=O)O)C1CN(CC(=O)NNc2ccccn2)C1. The zero-order chi connectivity index (χ0) is 14.5. The van der Waals surface area contributed by atoms with E-state index in [-0.39, 0.29) is 24.3 Å². The molecule has 2 rings (SSSR count). The molecule has 1 aromatic heterocycles. The Labute approximate surface area is 117 Å². The lowest BCUT2D eigenvalue weighted by Crippen LogP contribution is -2.54. The maximum Gasteiger partial charge on any atom is 0.306 e. The molecule has 108 valence electrons. The summed E-state index contributed by atoms with van der Waals surface area (Å²) < 4.78 is 0. The molecule has 1 saturated heterocycles. The third-order valence-electron chi connectivity index (χ3n) is 3.44. The maximum absolute atomic E-state index is 11.7. The van der Waals surface area contributed by atoms with Crippen molar-refractivity contribution in [3.05, 3.63) is 24.4 Å². The molecule has 0 radical (unpaired) electrons. The van der Waals surface area contributed by atoms with Crippen LogP contribution in [0.5, 0.6) is 0 Å². The maximum atomic E-state index is 11.7. The molecule has 1 unspecified atom stereocenters. The first-order valence-corrected chi connectivity index (χ1v) is 6.47. The smallest absolute Gasteiger partial charge is 0.306 e. The number of likely N-dealkylation sites (tertiary alicyclic amines) is 1. The summed E-state index contributed by atoms with van der Waals surface area (Å²) in [6.07, 6.45) is 1.63. The van der Waals surface area contributed by atoms with Gasteiger partial charge >= 0.3 is 5.97 Å². The minimum atomic E-state index is -0.782. The summed E-state index contributed by atoms with van der Waals surface area (Å²) >= 11 is 0. The lowest BCUT2D eigenvalue weighted by Gasteiger charge is -2.40. The van der Waals surface area contributed by atoms with Gasteiger partial charge in [-0.15, -0.1) is 0 Å². The van der Waals surface area contributed by atoms with Crippen molar-refractivity contribution < 1.29 is 14.7 Å².